The molecule has 2 fully saturated rings. The maximum absolute atomic E-state index is 13.1. The number of carbonyl (C=O) groups excluding carboxylic acids is 2. The van der Waals surface area contributed by atoms with Crippen molar-refractivity contribution in [3.8, 4) is 0 Å². The molecule has 0 aromatic heterocycles. The summed E-state index contributed by atoms with van der Waals surface area (Å²) in [6.07, 6.45) is 2.18. The van der Waals surface area contributed by atoms with Crippen molar-refractivity contribution in [3.05, 3.63) is 35.6 Å². The Morgan fingerprint density at radius 2 is 1.81 bits per heavy atom. The molecule has 1 unspecified atom stereocenters. The van der Waals surface area contributed by atoms with Gasteiger partial charge in [0.2, 0.25) is 11.8 Å². The van der Waals surface area contributed by atoms with Crippen molar-refractivity contribution >= 4 is 11.8 Å². The van der Waals surface area contributed by atoms with E-state index >= 15 is 0 Å². The number of amides is 2. The molecule has 1 atom stereocenters. The topological polar surface area (TPSA) is 46.2 Å². The van der Waals surface area contributed by atoms with Crippen molar-refractivity contribution in [1.82, 2.24) is 5.32 Å². The maximum atomic E-state index is 13.1. The SMILES string of the molecule is CC(C)C1CC2(CC(=O)NC(=O)C2c2ccc(F)cc2)C1. The van der Waals surface area contributed by atoms with Gasteiger partial charge >= 0.3 is 0 Å². The first-order chi connectivity index (χ1) is 9.91. The first-order valence-corrected chi connectivity index (χ1v) is 7.50. The molecule has 4 heteroatoms. The molecular weight excluding hydrogens is 269 g/mol. The van der Waals surface area contributed by atoms with Crippen LogP contribution >= 0.6 is 0 Å². The van der Waals surface area contributed by atoms with Crippen LogP contribution in [0.25, 0.3) is 0 Å². The zero-order valence-corrected chi connectivity index (χ0v) is 12.4. The number of rotatable bonds is 2. The molecule has 1 spiro atoms. The molecule has 1 heterocycles. The summed E-state index contributed by atoms with van der Waals surface area (Å²) >= 11 is 0. The molecule has 2 aliphatic rings. The largest absolute Gasteiger partial charge is 0.296 e. The normalized spacial score (nSPS) is 32.2. The van der Waals surface area contributed by atoms with E-state index in [0.717, 1.165) is 18.4 Å². The average Bonchev–Trinajstić information content (AvgIpc) is 2.36. The van der Waals surface area contributed by atoms with E-state index in [1.54, 1.807) is 12.1 Å². The van der Waals surface area contributed by atoms with Crippen molar-refractivity contribution in [2.24, 2.45) is 17.3 Å². The Hall–Kier alpha value is -1.71. The van der Waals surface area contributed by atoms with Crippen LogP contribution < -0.4 is 5.32 Å². The third kappa shape index (κ3) is 2.37. The Morgan fingerprint density at radius 3 is 2.38 bits per heavy atom. The molecule has 21 heavy (non-hydrogen) atoms. The summed E-state index contributed by atoms with van der Waals surface area (Å²) in [6.45, 7) is 4.35. The average molecular weight is 289 g/mol. The Morgan fingerprint density at radius 1 is 1.19 bits per heavy atom. The van der Waals surface area contributed by atoms with Gasteiger partial charge in [-0.15, -0.1) is 0 Å². The lowest BCUT2D eigenvalue weighted by Gasteiger charge is -2.55. The smallest absolute Gasteiger partial charge is 0.234 e. The van der Waals surface area contributed by atoms with Gasteiger partial charge in [0.05, 0.1) is 5.92 Å². The second-order valence-corrected chi connectivity index (χ2v) is 6.85. The van der Waals surface area contributed by atoms with Crippen LogP contribution in [0.2, 0.25) is 0 Å². The lowest BCUT2D eigenvalue weighted by Crippen LogP contribution is -2.56. The molecule has 2 amide bonds. The number of carbonyl (C=O) groups is 2. The third-order valence-electron chi connectivity index (χ3n) is 5.13. The number of hydrogen-bond donors (Lipinski definition) is 1. The van der Waals surface area contributed by atoms with Gasteiger partial charge in [0.1, 0.15) is 5.82 Å². The summed E-state index contributed by atoms with van der Waals surface area (Å²) in [7, 11) is 0. The number of benzene rings is 1. The summed E-state index contributed by atoms with van der Waals surface area (Å²) in [5, 5.41) is 2.44. The van der Waals surface area contributed by atoms with Gasteiger partial charge in [0, 0.05) is 6.42 Å². The van der Waals surface area contributed by atoms with Crippen LogP contribution in [0, 0.1) is 23.1 Å². The summed E-state index contributed by atoms with van der Waals surface area (Å²) in [4.78, 5) is 24.1. The van der Waals surface area contributed by atoms with Crippen LogP contribution in [0.4, 0.5) is 4.39 Å². The molecule has 1 saturated heterocycles. The Kier molecular flexibility index (Phi) is 3.34. The van der Waals surface area contributed by atoms with Crippen LogP contribution in [-0.2, 0) is 9.59 Å². The van der Waals surface area contributed by atoms with Gasteiger partial charge < -0.3 is 0 Å². The Balaban J connectivity index is 1.93. The molecular formula is C17H20FNO2. The number of imide groups is 1. The molecule has 3 rings (SSSR count). The highest BCUT2D eigenvalue weighted by atomic mass is 19.1. The van der Waals surface area contributed by atoms with E-state index < -0.39 is 0 Å². The standard InChI is InChI=1S/C17H20FNO2/c1-10(2)12-7-17(8-12)9-14(20)19-16(21)15(17)11-3-5-13(18)6-4-11/h3-6,10,12,15H,7-9H2,1-2H3,(H,19,20,21). The summed E-state index contributed by atoms with van der Waals surface area (Å²) < 4.78 is 13.1. The van der Waals surface area contributed by atoms with E-state index in [4.69, 9.17) is 0 Å². The van der Waals surface area contributed by atoms with Crippen molar-refractivity contribution in [3.63, 3.8) is 0 Å². The third-order valence-corrected chi connectivity index (χ3v) is 5.13. The van der Waals surface area contributed by atoms with Crippen LogP contribution in [0.5, 0.6) is 0 Å². The Bertz CT molecular complexity index is 573. The van der Waals surface area contributed by atoms with Crippen LogP contribution in [0.15, 0.2) is 24.3 Å². The van der Waals surface area contributed by atoms with E-state index in [-0.39, 0.29) is 29.0 Å². The van der Waals surface area contributed by atoms with E-state index in [1.165, 1.54) is 12.1 Å². The lowest BCUT2D eigenvalue weighted by molar-refractivity contribution is -0.147. The van der Waals surface area contributed by atoms with Crippen LogP contribution in [0.1, 0.15) is 44.6 Å². The number of nitrogens with one attached hydrogen (secondary N) is 1. The highest BCUT2D eigenvalue weighted by Crippen LogP contribution is 2.59. The molecule has 0 radical (unpaired) electrons. The quantitative estimate of drug-likeness (QED) is 0.851. The molecule has 1 saturated carbocycles. The molecule has 112 valence electrons. The monoisotopic (exact) mass is 289 g/mol. The first-order valence-electron chi connectivity index (χ1n) is 7.50. The van der Waals surface area contributed by atoms with Gasteiger partial charge in [0.15, 0.2) is 0 Å². The van der Waals surface area contributed by atoms with Gasteiger partial charge in [-0.2, -0.15) is 0 Å². The van der Waals surface area contributed by atoms with Gasteiger partial charge in [0.25, 0.3) is 0 Å². The van der Waals surface area contributed by atoms with Gasteiger partial charge in [-0.1, -0.05) is 26.0 Å². The fourth-order valence-corrected chi connectivity index (χ4v) is 3.95. The minimum atomic E-state index is -0.342. The van der Waals surface area contributed by atoms with Crippen LogP contribution in [0.3, 0.4) is 0 Å². The number of halogens is 1. The van der Waals surface area contributed by atoms with E-state index in [2.05, 4.69) is 19.2 Å². The van der Waals surface area contributed by atoms with E-state index in [1.807, 2.05) is 0 Å². The van der Waals surface area contributed by atoms with Crippen molar-refractivity contribution in [2.45, 2.75) is 39.0 Å². The highest BCUT2D eigenvalue weighted by Gasteiger charge is 2.56. The molecule has 3 nitrogen and oxygen atoms in total. The van der Waals surface area contributed by atoms with Gasteiger partial charge in [-0.3, -0.25) is 14.9 Å². The van der Waals surface area contributed by atoms with Crippen LogP contribution in [-0.4, -0.2) is 11.8 Å². The summed E-state index contributed by atoms with van der Waals surface area (Å²) in [5.74, 6) is 0.0522. The molecule has 1 aromatic rings. The van der Waals surface area contributed by atoms with Gasteiger partial charge in [-0.25, -0.2) is 4.39 Å². The molecule has 1 aliphatic heterocycles. The van der Waals surface area contributed by atoms with E-state index in [9.17, 15) is 14.0 Å². The zero-order chi connectivity index (χ0) is 15.2. The fourth-order valence-electron chi connectivity index (χ4n) is 3.95. The lowest BCUT2D eigenvalue weighted by atomic mass is 9.50. The van der Waals surface area contributed by atoms with Gasteiger partial charge in [-0.05, 0) is 47.8 Å². The number of hydrogen-bond acceptors (Lipinski definition) is 2. The molecule has 0 bridgehead atoms. The molecule has 1 N–H and O–H groups in total. The number of piperidine rings is 1. The van der Waals surface area contributed by atoms with Crippen molar-refractivity contribution < 1.29 is 14.0 Å². The minimum absolute atomic E-state index is 0.180. The second-order valence-electron chi connectivity index (χ2n) is 6.85. The summed E-state index contributed by atoms with van der Waals surface area (Å²) in [5.41, 5.74) is 0.537. The minimum Gasteiger partial charge on any atom is -0.296 e. The molecule has 1 aromatic carbocycles. The predicted octanol–water partition coefficient (Wildman–Crippen LogP) is 3.01. The maximum Gasteiger partial charge on any atom is 0.234 e. The Labute approximate surface area is 123 Å². The van der Waals surface area contributed by atoms with E-state index in [0.29, 0.717) is 18.3 Å². The fraction of sp³-hybridized carbons (Fsp3) is 0.529. The van der Waals surface area contributed by atoms with Crippen molar-refractivity contribution in [2.75, 3.05) is 0 Å². The predicted molar refractivity (Wildman–Crippen MR) is 76.9 cm³/mol. The highest BCUT2D eigenvalue weighted by molar-refractivity contribution is 6.02. The second kappa shape index (κ2) is 4.93. The zero-order valence-electron chi connectivity index (χ0n) is 12.4. The summed E-state index contributed by atoms with van der Waals surface area (Å²) in [6, 6.07) is 6.09. The molecule has 1 aliphatic carbocycles. The van der Waals surface area contributed by atoms with Crippen molar-refractivity contribution in [1.29, 1.82) is 0 Å². The first kappa shape index (κ1) is 14.2.